The molecule has 0 radical (unpaired) electrons. The van der Waals surface area contributed by atoms with Crippen molar-refractivity contribution in [3.05, 3.63) is 22.4 Å². The minimum absolute atomic E-state index is 0.280. The highest BCUT2D eigenvalue weighted by Gasteiger charge is 2.40. The molecule has 21 heavy (non-hydrogen) atoms. The molecule has 0 amide bonds. The third-order valence-electron chi connectivity index (χ3n) is 4.53. The van der Waals surface area contributed by atoms with Crippen LogP contribution in [0.4, 0.5) is 0 Å². The first-order valence-electron chi connectivity index (χ1n) is 7.92. The lowest BCUT2D eigenvalue weighted by Gasteiger charge is -2.37. The van der Waals surface area contributed by atoms with E-state index in [-0.39, 0.29) is 11.9 Å². The number of hydrogen-bond donors (Lipinski definition) is 2. The molecule has 1 saturated heterocycles. The highest BCUT2D eigenvalue weighted by atomic mass is 32.1. The molecule has 118 valence electrons. The van der Waals surface area contributed by atoms with E-state index >= 15 is 0 Å². The second-order valence-electron chi connectivity index (χ2n) is 6.22. The van der Waals surface area contributed by atoms with Gasteiger partial charge in [-0.1, -0.05) is 6.07 Å². The van der Waals surface area contributed by atoms with Crippen LogP contribution in [0.2, 0.25) is 0 Å². The first kappa shape index (κ1) is 15.4. The molecular formula is C16H25NO3S. The topological polar surface area (TPSA) is 50.7 Å². The third kappa shape index (κ3) is 3.85. The molecule has 5 heteroatoms. The van der Waals surface area contributed by atoms with Gasteiger partial charge in [-0.25, -0.2) is 0 Å². The summed E-state index contributed by atoms with van der Waals surface area (Å²) in [6.45, 7) is 3.63. The van der Waals surface area contributed by atoms with Crippen LogP contribution < -0.4 is 5.32 Å². The molecule has 1 aromatic rings. The number of aliphatic hydroxyl groups excluding tert-OH is 1. The summed E-state index contributed by atoms with van der Waals surface area (Å²) in [7, 11) is 0. The lowest BCUT2D eigenvalue weighted by molar-refractivity contribution is -0.179. The molecule has 1 aromatic heterocycles. The Morgan fingerprint density at radius 1 is 1.38 bits per heavy atom. The Bertz CT molecular complexity index is 421. The monoisotopic (exact) mass is 311 g/mol. The molecule has 3 rings (SSSR count). The van der Waals surface area contributed by atoms with Gasteiger partial charge in [0.2, 0.25) is 0 Å². The van der Waals surface area contributed by atoms with Crippen molar-refractivity contribution in [2.75, 3.05) is 13.2 Å². The third-order valence-corrected chi connectivity index (χ3v) is 5.50. The van der Waals surface area contributed by atoms with Crippen LogP contribution in [-0.4, -0.2) is 36.2 Å². The molecule has 4 nitrogen and oxygen atoms in total. The van der Waals surface area contributed by atoms with Gasteiger partial charge in [-0.3, -0.25) is 0 Å². The molecule has 2 atom stereocenters. The van der Waals surface area contributed by atoms with Gasteiger partial charge in [0.25, 0.3) is 0 Å². The van der Waals surface area contributed by atoms with E-state index in [4.69, 9.17) is 9.47 Å². The molecule has 2 aliphatic rings. The van der Waals surface area contributed by atoms with Crippen LogP contribution in [0.1, 0.15) is 50.0 Å². The summed E-state index contributed by atoms with van der Waals surface area (Å²) >= 11 is 1.62. The van der Waals surface area contributed by atoms with E-state index in [2.05, 4.69) is 12.2 Å². The Labute approximate surface area is 130 Å². The van der Waals surface area contributed by atoms with Crippen molar-refractivity contribution in [1.82, 2.24) is 5.32 Å². The number of rotatable bonds is 5. The fraction of sp³-hybridized carbons (Fsp3) is 0.750. The van der Waals surface area contributed by atoms with E-state index in [0.29, 0.717) is 12.1 Å². The zero-order valence-electron chi connectivity index (χ0n) is 12.6. The number of thiophene rings is 1. The smallest absolute Gasteiger partial charge is 0.168 e. The number of ether oxygens (including phenoxy) is 2. The molecule has 1 aliphatic heterocycles. The van der Waals surface area contributed by atoms with Gasteiger partial charge < -0.3 is 19.9 Å². The fourth-order valence-corrected chi connectivity index (χ4v) is 4.14. The number of hydrogen-bond acceptors (Lipinski definition) is 5. The van der Waals surface area contributed by atoms with Gasteiger partial charge in [0.1, 0.15) is 0 Å². The lowest BCUT2D eigenvalue weighted by Crippen LogP contribution is -2.45. The van der Waals surface area contributed by atoms with Gasteiger partial charge in [-0.2, -0.15) is 0 Å². The van der Waals surface area contributed by atoms with Crippen molar-refractivity contribution < 1.29 is 14.6 Å². The van der Waals surface area contributed by atoms with E-state index in [1.165, 1.54) is 0 Å². The Hall–Kier alpha value is -0.460. The summed E-state index contributed by atoms with van der Waals surface area (Å²) in [5, 5.41) is 15.9. The predicted octanol–water partition coefficient (Wildman–Crippen LogP) is 2.84. The van der Waals surface area contributed by atoms with Crippen molar-refractivity contribution in [2.24, 2.45) is 0 Å². The van der Waals surface area contributed by atoms with Gasteiger partial charge in [0.15, 0.2) is 5.79 Å². The molecule has 1 spiro atoms. The van der Waals surface area contributed by atoms with Crippen LogP contribution >= 0.6 is 11.3 Å². The Morgan fingerprint density at radius 2 is 2.10 bits per heavy atom. The van der Waals surface area contributed by atoms with Crippen molar-refractivity contribution >= 4 is 11.3 Å². The normalized spacial score (nSPS) is 25.2. The van der Waals surface area contributed by atoms with Crippen molar-refractivity contribution in [3.8, 4) is 0 Å². The summed E-state index contributed by atoms with van der Waals surface area (Å²) in [6.07, 6.45) is 4.52. The zero-order chi connectivity index (χ0) is 14.7. The quantitative estimate of drug-likeness (QED) is 0.878. The van der Waals surface area contributed by atoms with Crippen LogP contribution in [0.3, 0.4) is 0 Å². The van der Waals surface area contributed by atoms with Crippen LogP contribution in [0.5, 0.6) is 0 Å². The van der Waals surface area contributed by atoms with Crippen LogP contribution in [0, 0.1) is 0 Å². The van der Waals surface area contributed by atoms with E-state index in [0.717, 1.165) is 50.2 Å². The van der Waals surface area contributed by atoms with Gasteiger partial charge in [-0.05, 0) is 37.6 Å². The molecule has 2 fully saturated rings. The number of aliphatic hydroxyl groups is 1. The van der Waals surface area contributed by atoms with Gasteiger partial charge in [0, 0.05) is 29.8 Å². The Balaban J connectivity index is 1.42. The van der Waals surface area contributed by atoms with Gasteiger partial charge in [0.05, 0.1) is 19.3 Å². The van der Waals surface area contributed by atoms with Gasteiger partial charge in [-0.15, -0.1) is 11.3 Å². The maximum Gasteiger partial charge on any atom is 0.168 e. The SMILES string of the molecule is C[C@@H](C[C@@H](O)c1cccs1)NC1CCC2(CC1)OCCO2. The average molecular weight is 311 g/mol. The summed E-state index contributed by atoms with van der Waals surface area (Å²) in [6, 6.07) is 4.81. The van der Waals surface area contributed by atoms with Crippen LogP contribution in [-0.2, 0) is 9.47 Å². The number of nitrogens with one attached hydrogen (secondary N) is 1. The Morgan fingerprint density at radius 3 is 2.71 bits per heavy atom. The summed E-state index contributed by atoms with van der Waals surface area (Å²) in [4.78, 5) is 1.05. The molecule has 1 saturated carbocycles. The van der Waals surface area contributed by atoms with E-state index < -0.39 is 0 Å². The molecule has 1 aliphatic carbocycles. The van der Waals surface area contributed by atoms with Crippen molar-refractivity contribution in [2.45, 2.75) is 63.0 Å². The van der Waals surface area contributed by atoms with E-state index in [9.17, 15) is 5.11 Å². The standard InChI is InChI=1S/C16H25NO3S/c1-12(11-14(18)15-3-2-10-21-15)17-13-4-6-16(7-5-13)19-8-9-20-16/h2-3,10,12-14,17-18H,4-9,11H2,1H3/t12-,14+/m0/s1. The van der Waals surface area contributed by atoms with E-state index in [1.54, 1.807) is 11.3 Å². The molecule has 2 N–H and O–H groups in total. The van der Waals surface area contributed by atoms with Crippen LogP contribution in [0.15, 0.2) is 17.5 Å². The van der Waals surface area contributed by atoms with E-state index in [1.807, 2.05) is 17.5 Å². The fourth-order valence-electron chi connectivity index (χ4n) is 3.41. The predicted molar refractivity (Wildman–Crippen MR) is 83.4 cm³/mol. The molecule has 0 bridgehead atoms. The molecular weight excluding hydrogens is 286 g/mol. The summed E-state index contributed by atoms with van der Waals surface area (Å²) in [5.74, 6) is -0.280. The maximum atomic E-state index is 10.2. The lowest BCUT2D eigenvalue weighted by atomic mass is 9.89. The summed E-state index contributed by atoms with van der Waals surface area (Å²) in [5.41, 5.74) is 0. The zero-order valence-corrected chi connectivity index (χ0v) is 13.4. The first-order valence-corrected chi connectivity index (χ1v) is 8.80. The highest BCUT2D eigenvalue weighted by Crippen LogP contribution is 2.36. The minimum atomic E-state index is -0.357. The van der Waals surface area contributed by atoms with Crippen molar-refractivity contribution in [1.29, 1.82) is 0 Å². The molecule has 0 unspecified atom stereocenters. The first-order chi connectivity index (χ1) is 10.2. The molecule has 0 aromatic carbocycles. The molecule has 2 heterocycles. The largest absolute Gasteiger partial charge is 0.388 e. The Kier molecular flexibility index (Phi) is 4.96. The second-order valence-corrected chi connectivity index (χ2v) is 7.20. The van der Waals surface area contributed by atoms with Gasteiger partial charge >= 0.3 is 0 Å². The van der Waals surface area contributed by atoms with Crippen LogP contribution in [0.25, 0.3) is 0 Å². The maximum absolute atomic E-state index is 10.2. The van der Waals surface area contributed by atoms with Crippen molar-refractivity contribution in [3.63, 3.8) is 0 Å². The second kappa shape index (κ2) is 6.75. The highest BCUT2D eigenvalue weighted by molar-refractivity contribution is 7.10. The average Bonchev–Trinajstić information content (AvgIpc) is 3.14. The summed E-state index contributed by atoms with van der Waals surface area (Å²) < 4.78 is 11.5. The minimum Gasteiger partial charge on any atom is -0.388 e.